The molecule has 148 valence electrons. The third-order valence-corrected chi connectivity index (χ3v) is 5.16. The highest BCUT2D eigenvalue weighted by atomic mass is 16.3. The number of hydrogen-bond donors (Lipinski definition) is 2. The maximum Gasteiger partial charge on any atom is 0.250 e. The van der Waals surface area contributed by atoms with Crippen molar-refractivity contribution in [1.29, 1.82) is 0 Å². The van der Waals surface area contributed by atoms with Crippen LogP contribution in [-0.2, 0) is 0 Å². The first-order chi connectivity index (χ1) is 13.8. The molecule has 4 rings (SSSR count). The molecule has 1 aromatic heterocycles. The number of hydrogen-bond acceptors (Lipinski definition) is 8. The van der Waals surface area contributed by atoms with Gasteiger partial charge in [-0.05, 0) is 68.4 Å². The van der Waals surface area contributed by atoms with Crippen LogP contribution in [0.4, 0.5) is 17.8 Å². The van der Waals surface area contributed by atoms with E-state index in [1.807, 2.05) is 0 Å². The van der Waals surface area contributed by atoms with E-state index in [4.69, 9.17) is 4.98 Å². The Bertz CT molecular complexity index is 760. The number of rotatable bonds is 5. The highest BCUT2D eigenvalue weighted by molar-refractivity contribution is 5.80. The van der Waals surface area contributed by atoms with Gasteiger partial charge >= 0.3 is 0 Å². The number of benzene rings is 1. The molecule has 2 fully saturated rings. The molecule has 8 nitrogen and oxygen atoms in total. The summed E-state index contributed by atoms with van der Waals surface area (Å²) >= 11 is 0. The van der Waals surface area contributed by atoms with Crippen molar-refractivity contribution < 1.29 is 5.11 Å². The Morgan fingerprint density at radius 3 is 1.86 bits per heavy atom. The second-order valence-corrected chi connectivity index (χ2v) is 7.32. The standard InChI is InChI=1S/C20H27N7O/c28-17-9-7-16(8-10-17)15-21-25-18-22-19(26-11-3-1-4-12-26)24-20(23-18)27-13-5-2-6-14-27/h7-10,15,28H,1-6,11-14H2,(H,22,23,24,25)/b21-15-. The number of nitrogens with one attached hydrogen (secondary N) is 1. The Morgan fingerprint density at radius 2 is 1.32 bits per heavy atom. The lowest BCUT2D eigenvalue weighted by atomic mass is 10.1. The Labute approximate surface area is 165 Å². The van der Waals surface area contributed by atoms with Crippen molar-refractivity contribution in [1.82, 2.24) is 15.0 Å². The van der Waals surface area contributed by atoms with E-state index in [0.29, 0.717) is 5.95 Å². The number of aromatic hydroxyl groups is 1. The molecule has 2 saturated heterocycles. The van der Waals surface area contributed by atoms with E-state index >= 15 is 0 Å². The van der Waals surface area contributed by atoms with Gasteiger partial charge < -0.3 is 14.9 Å². The molecule has 2 aromatic rings. The van der Waals surface area contributed by atoms with Gasteiger partial charge in [0.05, 0.1) is 6.21 Å². The van der Waals surface area contributed by atoms with Crippen LogP contribution in [0.2, 0.25) is 0 Å². The number of phenols is 1. The van der Waals surface area contributed by atoms with Crippen LogP contribution in [0, 0.1) is 0 Å². The molecule has 28 heavy (non-hydrogen) atoms. The maximum absolute atomic E-state index is 9.37. The first-order valence-electron chi connectivity index (χ1n) is 10.1. The summed E-state index contributed by atoms with van der Waals surface area (Å²) in [6, 6.07) is 6.86. The largest absolute Gasteiger partial charge is 0.508 e. The van der Waals surface area contributed by atoms with E-state index in [1.54, 1.807) is 30.5 Å². The predicted octanol–water partition coefficient (Wildman–Crippen LogP) is 3.00. The quantitative estimate of drug-likeness (QED) is 0.608. The molecule has 2 aliphatic rings. The first-order valence-corrected chi connectivity index (χ1v) is 10.1. The highest BCUT2D eigenvalue weighted by Crippen LogP contribution is 2.22. The van der Waals surface area contributed by atoms with Crippen LogP contribution >= 0.6 is 0 Å². The van der Waals surface area contributed by atoms with E-state index < -0.39 is 0 Å². The second kappa shape index (κ2) is 8.86. The zero-order valence-electron chi connectivity index (χ0n) is 16.1. The summed E-state index contributed by atoms with van der Waals surface area (Å²) in [6.45, 7) is 3.94. The van der Waals surface area contributed by atoms with Gasteiger partial charge in [-0.25, -0.2) is 5.43 Å². The van der Waals surface area contributed by atoms with Crippen LogP contribution in [0.25, 0.3) is 0 Å². The Balaban J connectivity index is 1.54. The minimum Gasteiger partial charge on any atom is -0.508 e. The van der Waals surface area contributed by atoms with Crippen molar-refractivity contribution in [2.45, 2.75) is 38.5 Å². The SMILES string of the molecule is Oc1ccc(/C=N\Nc2nc(N3CCCCC3)nc(N3CCCCC3)n2)cc1. The van der Waals surface area contributed by atoms with E-state index in [-0.39, 0.29) is 5.75 Å². The molecular formula is C20H27N7O. The van der Waals surface area contributed by atoms with Crippen molar-refractivity contribution in [3.63, 3.8) is 0 Å². The van der Waals surface area contributed by atoms with E-state index in [9.17, 15) is 5.11 Å². The summed E-state index contributed by atoms with van der Waals surface area (Å²) < 4.78 is 0. The van der Waals surface area contributed by atoms with Crippen molar-refractivity contribution in [3.8, 4) is 5.75 Å². The fourth-order valence-electron chi connectivity index (χ4n) is 3.60. The van der Waals surface area contributed by atoms with Gasteiger partial charge in [-0.2, -0.15) is 20.1 Å². The van der Waals surface area contributed by atoms with E-state index in [0.717, 1.165) is 43.6 Å². The van der Waals surface area contributed by atoms with Crippen molar-refractivity contribution in [2.75, 3.05) is 41.4 Å². The second-order valence-electron chi connectivity index (χ2n) is 7.32. The van der Waals surface area contributed by atoms with Gasteiger partial charge in [0.1, 0.15) is 5.75 Å². The minimum absolute atomic E-state index is 0.236. The van der Waals surface area contributed by atoms with Gasteiger partial charge in [-0.15, -0.1) is 0 Å². The molecule has 0 saturated carbocycles. The van der Waals surface area contributed by atoms with Gasteiger partial charge in [0, 0.05) is 26.2 Å². The summed E-state index contributed by atoms with van der Waals surface area (Å²) in [5.41, 5.74) is 3.84. The van der Waals surface area contributed by atoms with Crippen molar-refractivity contribution >= 4 is 24.1 Å². The monoisotopic (exact) mass is 381 g/mol. The fraction of sp³-hybridized carbons (Fsp3) is 0.500. The molecule has 8 heteroatoms. The molecule has 0 unspecified atom stereocenters. The van der Waals surface area contributed by atoms with Crippen LogP contribution in [0.3, 0.4) is 0 Å². The Kier molecular flexibility index (Phi) is 5.84. The third kappa shape index (κ3) is 4.68. The van der Waals surface area contributed by atoms with Crippen LogP contribution < -0.4 is 15.2 Å². The zero-order chi connectivity index (χ0) is 19.2. The lowest BCUT2D eigenvalue weighted by molar-refractivity contribution is 0.475. The lowest BCUT2D eigenvalue weighted by Gasteiger charge is -2.30. The first kappa shape index (κ1) is 18.5. The van der Waals surface area contributed by atoms with Gasteiger partial charge in [0.15, 0.2) is 0 Å². The van der Waals surface area contributed by atoms with Crippen LogP contribution in [0.1, 0.15) is 44.1 Å². The molecule has 0 spiro atoms. The molecule has 2 N–H and O–H groups in total. The number of phenolic OH excluding ortho intramolecular Hbond substituents is 1. The smallest absolute Gasteiger partial charge is 0.250 e. The summed E-state index contributed by atoms with van der Waals surface area (Å²) in [7, 11) is 0. The van der Waals surface area contributed by atoms with Crippen molar-refractivity contribution in [2.24, 2.45) is 5.10 Å². The molecule has 0 aliphatic carbocycles. The van der Waals surface area contributed by atoms with Crippen LogP contribution in [0.15, 0.2) is 29.4 Å². The van der Waals surface area contributed by atoms with Crippen LogP contribution in [-0.4, -0.2) is 52.5 Å². The van der Waals surface area contributed by atoms with Gasteiger partial charge in [-0.3, -0.25) is 0 Å². The molecular weight excluding hydrogens is 354 g/mol. The summed E-state index contributed by atoms with van der Waals surface area (Å²) in [5, 5.41) is 13.6. The molecule has 0 amide bonds. The summed E-state index contributed by atoms with van der Waals surface area (Å²) in [5.74, 6) is 2.17. The fourth-order valence-corrected chi connectivity index (χ4v) is 3.60. The summed E-state index contributed by atoms with van der Waals surface area (Å²) in [6.07, 6.45) is 8.91. The van der Waals surface area contributed by atoms with Gasteiger partial charge in [-0.1, -0.05) is 0 Å². The number of piperidine rings is 2. The molecule has 0 atom stereocenters. The third-order valence-electron chi connectivity index (χ3n) is 5.16. The average molecular weight is 381 g/mol. The zero-order valence-corrected chi connectivity index (χ0v) is 16.1. The van der Waals surface area contributed by atoms with E-state index in [1.165, 1.54) is 38.5 Å². The van der Waals surface area contributed by atoms with Gasteiger partial charge in [0.2, 0.25) is 17.8 Å². The molecule has 1 aromatic carbocycles. The molecule has 0 radical (unpaired) electrons. The number of aromatic nitrogens is 3. The topological polar surface area (TPSA) is 89.8 Å². The molecule has 0 bridgehead atoms. The van der Waals surface area contributed by atoms with Crippen LogP contribution in [0.5, 0.6) is 5.75 Å². The Morgan fingerprint density at radius 1 is 0.786 bits per heavy atom. The normalized spacial score (nSPS) is 17.9. The highest BCUT2D eigenvalue weighted by Gasteiger charge is 2.20. The molecule has 2 aliphatic heterocycles. The van der Waals surface area contributed by atoms with Crippen molar-refractivity contribution in [3.05, 3.63) is 29.8 Å². The number of hydrazone groups is 1. The lowest BCUT2D eigenvalue weighted by Crippen LogP contribution is -2.34. The summed E-state index contributed by atoms with van der Waals surface area (Å²) in [4.78, 5) is 18.5. The van der Waals surface area contributed by atoms with E-state index in [2.05, 4.69) is 30.3 Å². The number of anilines is 3. The average Bonchev–Trinajstić information content (AvgIpc) is 2.76. The molecule has 3 heterocycles. The van der Waals surface area contributed by atoms with Gasteiger partial charge in [0.25, 0.3) is 0 Å². The predicted molar refractivity (Wildman–Crippen MR) is 111 cm³/mol. The minimum atomic E-state index is 0.236. The number of nitrogens with zero attached hydrogens (tertiary/aromatic N) is 6. The maximum atomic E-state index is 9.37. The Hall–Kier alpha value is -2.90.